The number of benzene rings is 1. The van der Waals surface area contributed by atoms with Crippen LogP contribution in [0.25, 0.3) is 0 Å². The molecule has 3 heteroatoms. The van der Waals surface area contributed by atoms with Gasteiger partial charge in [0, 0.05) is 12.3 Å². The fourth-order valence-corrected chi connectivity index (χ4v) is 3.69. The molecule has 3 atom stereocenters. The van der Waals surface area contributed by atoms with Gasteiger partial charge in [0.15, 0.2) is 0 Å². The van der Waals surface area contributed by atoms with Crippen LogP contribution in [0, 0.1) is 11.8 Å². The summed E-state index contributed by atoms with van der Waals surface area (Å²) in [6, 6.07) is 8.13. The molecule has 0 amide bonds. The van der Waals surface area contributed by atoms with E-state index < -0.39 is 0 Å². The highest BCUT2D eigenvalue weighted by Gasteiger charge is 2.24. The van der Waals surface area contributed by atoms with Crippen LogP contribution in [0.15, 0.2) is 24.3 Å². The van der Waals surface area contributed by atoms with Crippen molar-refractivity contribution in [3.8, 4) is 0 Å². The second-order valence-corrected chi connectivity index (χ2v) is 7.77. The van der Waals surface area contributed by atoms with Gasteiger partial charge in [0.25, 0.3) is 0 Å². The Balaban J connectivity index is 1.84. The fraction of sp³-hybridized carbons (Fsp3) is 0.652. The molecular formula is C23H34O3. The zero-order chi connectivity index (χ0) is 18.9. The molecule has 26 heavy (non-hydrogen) atoms. The summed E-state index contributed by atoms with van der Waals surface area (Å²) in [4.78, 5) is 24.2. The van der Waals surface area contributed by atoms with Crippen molar-refractivity contribution in [1.82, 2.24) is 0 Å². The zero-order valence-corrected chi connectivity index (χ0v) is 16.6. The van der Waals surface area contributed by atoms with E-state index in [4.69, 9.17) is 4.74 Å². The minimum absolute atomic E-state index is 0.140. The minimum atomic E-state index is -0.249. The third-order valence-corrected chi connectivity index (χ3v) is 5.75. The van der Waals surface area contributed by atoms with Gasteiger partial charge in [-0.3, -0.25) is 9.59 Å². The van der Waals surface area contributed by atoms with Gasteiger partial charge in [-0.25, -0.2) is 0 Å². The van der Waals surface area contributed by atoms with Crippen LogP contribution < -0.4 is 0 Å². The normalized spacial score (nSPS) is 19.3. The summed E-state index contributed by atoms with van der Waals surface area (Å²) >= 11 is 0. The summed E-state index contributed by atoms with van der Waals surface area (Å²) in [5.41, 5.74) is 2.17. The Morgan fingerprint density at radius 3 is 2.54 bits per heavy atom. The molecule has 1 fully saturated rings. The molecule has 1 aliphatic rings. The van der Waals surface area contributed by atoms with Crippen molar-refractivity contribution < 1.29 is 14.3 Å². The highest BCUT2D eigenvalue weighted by Crippen LogP contribution is 2.26. The monoisotopic (exact) mass is 358 g/mol. The quantitative estimate of drug-likeness (QED) is 0.522. The summed E-state index contributed by atoms with van der Waals surface area (Å²) in [6.45, 7) is 6.78. The van der Waals surface area contributed by atoms with Gasteiger partial charge in [-0.15, -0.1) is 0 Å². The number of rotatable bonds is 10. The average Bonchev–Trinajstić information content (AvgIpc) is 3.06. The van der Waals surface area contributed by atoms with Gasteiger partial charge < -0.3 is 4.74 Å². The lowest BCUT2D eigenvalue weighted by Crippen LogP contribution is -2.18. The second-order valence-electron chi connectivity index (χ2n) is 7.77. The molecule has 3 nitrogen and oxygen atoms in total. The third kappa shape index (κ3) is 5.96. The van der Waals surface area contributed by atoms with Crippen LogP contribution >= 0.6 is 0 Å². The van der Waals surface area contributed by atoms with Crippen LogP contribution in [0.4, 0.5) is 0 Å². The molecule has 2 rings (SSSR count). The van der Waals surface area contributed by atoms with Gasteiger partial charge in [0.05, 0.1) is 12.5 Å². The molecule has 0 heterocycles. The molecule has 3 unspecified atom stereocenters. The van der Waals surface area contributed by atoms with Crippen molar-refractivity contribution in [3.63, 3.8) is 0 Å². The largest absolute Gasteiger partial charge is 0.465 e. The number of ether oxygens (including phenoxy) is 1. The van der Waals surface area contributed by atoms with Crippen LogP contribution in [-0.4, -0.2) is 18.4 Å². The first-order valence-electron chi connectivity index (χ1n) is 10.3. The van der Waals surface area contributed by atoms with E-state index in [1.807, 2.05) is 19.1 Å². The maximum Gasteiger partial charge on any atom is 0.313 e. The number of unbranched alkanes of at least 4 members (excludes halogenated alkanes) is 1. The Morgan fingerprint density at radius 2 is 1.96 bits per heavy atom. The maximum absolute atomic E-state index is 12.4. The molecule has 144 valence electrons. The summed E-state index contributed by atoms with van der Waals surface area (Å²) in [7, 11) is 0. The van der Waals surface area contributed by atoms with Gasteiger partial charge in [0.1, 0.15) is 5.78 Å². The zero-order valence-electron chi connectivity index (χ0n) is 16.6. The number of carbonyl (C=O) groups is 2. The first-order chi connectivity index (χ1) is 12.5. The van der Waals surface area contributed by atoms with Crippen molar-refractivity contribution in [2.45, 2.75) is 78.1 Å². The van der Waals surface area contributed by atoms with E-state index in [2.05, 4.69) is 26.0 Å². The van der Waals surface area contributed by atoms with Gasteiger partial charge in [-0.1, -0.05) is 57.4 Å². The topological polar surface area (TPSA) is 43.4 Å². The molecule has 1 aromatic rings. The molecule has 0 radical (unpaired) electrons. The molecule has 0 aliphatic heterocycles. The van der Waals surface area contributed by atoms with Gasteiger partial charge in [-0.05, 0) is 49.7 Å². The summed E-state index contributed by atoms with van der Waals surface area (Å²) in [5, 5.41) is 0. The van der Waals surface area contributed by atoms with Crippen LogP contribution in [-0.2, 0) is 20.7 Å². The first kappa shape index (κ1) is 20.7. The SMILES string of the molecule is CCCCC(CC)COC(=O)C(C)c1ccc(CC2CCCC2=O)cc1. The molecular weight excluding hydrogens is 324 g/mol. The molecule has 0 bridgehead atoms. The Kier molecular flexibility index (Phi) is 8.34. The second kappa shape index (κ2) is 10.5. The number of Topliss-reactive ketones (excluding diaryl/α,β-unsaturated/α-hetero) is 1. The molecule has 0 N–H and O–H groups in total. The number of ketones is 1. The molecule has 0 spiro atoms. The van der Waals surface area contributed by atoms with Crippen LogP contribution in [0.1, 0.15) is 82.8 Å². The highest BCUT2D eigenvalue weighted by molar-refractivity contribution is 5.83. The van der Waals surface area contributed by atoms with Gasteiger partial charge in [0.2, 0.25) is 0 Å². The van der Waals surface area contributed by atoms with E-state index in [-0.39, 0.29) is 17.8 Å². The molecule has 1 aromatic carbocycles. The Morgan fingerprint density at radius 1 is 1.23 bits per heavy atom. The Bertz CT molecular complexity index is 576. The minimum Gasteiger partial charge on any atom is -0.465 e. The number of hydrogen-bond donors (Lipinski definition) is 0. The van der Waals surface area contributed by atoms with Gasteiger partial charge >= 0.3 is 5.97 Å². The van der Waals surface area contributed by atoms with Crippen molar-refractivity contribution in [2.24, 2.45) is 11.8 Å². The predicted molar refractivity (Wildman–Crippen MR) is 105 cm³/mol. The summed E-state index contributed by atoms with van der Waals surface area (Å²) < 4.78 is 5.58. The maximum atomic E-state index is 12.4. The number of carbonyl (C=O) groups excluding carboxylic acids is 2. The van der Waals surface area contributed by atoms with Gasteiger partial charge in [-0.2, -0.15) is 0 Å². The molecule has 1 saturated carbocycles. The van der Waals surface area contributed by atoms with Crippen molar-refractivity contribution >= 4 is 11.8 Å². The lowest BCUT2D eigenvalue weighted by Gasteiger charge is -2.17. The van der Waals surface area contributed by atoms with Crippen LogP contribution in [0.3, 0.4) is 0 Å². The van der Waals surface area contributed by atoms with E-state index in [9.17, 15) is 9.59 Å². The Labute approximate surface area is 158 Å². The van der Waals surface area contributed by atoms with Crippen LogP contribution in [0.5, 0.6) is 0 Å². The number of hydrogen-bond acceptors (Lipinski definition) is 3. The van der Waals surface area contributed by atoms with Crippen molar-refractivity contribution in [1.29, 1.82) is 0 Å². The van der Waals surface area contributed by atoms with Crippen molar-refractivity contribution in [3.05, 3.63) is 35.4 Å². The molecule has 0 saturated heterocycles. The first-order valence-corrected chi connectivity index (χ1v) is 10.3. The van der Waals surface area contributed by atoms with Crippen LogP contribution in [0.2, 0.25) is 0 Å². The third-order valence-electron chi connectivity index (χ3n) is 5.75. The van der Waals surface area contributed by atoms with E-state index >= 15 is 0 Å². The Hall–Kier alpha value is -1.64. The smallest absolute Gasteiger partial charge is 0.313 e. The lowest BCUT2D eigenvalue weighted by molar-refractivity contribution is -0.146. The molecule has 0 aromatic heterocycles. The average molecular weight is 359 g/mol. The van der Waals surface area contributed by atoms with E-state index in [0.29, 0.717) is 18.3 Å². The summed E-state index contributed by atoms with van der Waals surface area (Å²) in [6.07, 6.45) is 8.16. The van der Waals surface area contributed by atoms with E-state index in [0.717, 1.165) is 44.1 Å². The standard InChI is InChI=1S/C23H34O3/c1-4-6-8-18(5-2)16-26-23(25)17(3)20-13-11-19(12-14-20)15-21-9-7-10-22(21)24/h11-14,17-18,21H,4-10,15-16H2,1-3H3. The lowest BCUT2D eigenvalue weighted by atomic mass is 9.94. The predicted octanol–water partition coefficient (Wildman–Crippen LogP) is 5.46. The van der Waals surface area contributed by atoms with E-state index in [1.54, 1.807) is 0 Å². The fourth-order valence-electron chi connectivity index (χ4n) is 3.69. The molecule has 1 aliphatic carbocycles. The van der Waals surface area contributed by atoms with Crippen molar-refractivity contribution in [2.75, 3.05) is 6.61 Å². The highest BCUT2D eigenvalue weighted by atomic mass is 16.5. The van der Waals surface area contributed by atoms with E-state index in [1.165, 1.54) is 18.4 Å². The number of esters is 1. The summed E-state index contributed by atoms with van der Waals surface area (Å²) in [5.74, 6) is 0.675.